The largest absolute Gasteiger partial charge is 0.444 e. The lowest BCUT2D eigenvalue weighted by Crippen LogP contribution is -2.51. The molecule has 1 saturated heterocycles. The summed E-state index contributed by atoms with van der Waals surface area (Å²) in [6, 6.07) is 14.4. The fourth-order valence-corrected chi connectivity index (χ4v) is 4.16. The fourth-order valence-electron chi connectivity index (χ4n) is 3.10. The van der Waals surface area contributed by atoms with Gasteiger partial charge in [0.05, 0.1) is 4.90 Å². The van der Waals surface area contributed by atoms with Crippen molar-refractivity contribution >= 4 is 27.7 Å². The van der Waals surface area contributed by atoms with E-state index in [-0.39, 0.29) is 16.9 Å². The first-order valence-corrected chi connectivity index (χ1v) is 11.5. The van der Waals surface area contributed by atoms with Gasteiger partial charge in [0.25, 0.3) is 15.9 Å². The molecule has 0 atom stereocenters. The number of amides is 2. The molecule has 9 heteroatoms. The molecule has 1 fully saturated rings. The van der Waals surface area contributed by atoms with Crippen LogP contribution in [0.25, 0.3) is 0 Å². The van der Waals surface area contributed by atoms with Crippen molar-refractivity contribution in [2.24, 2.45) is 0 Å². The predicted molar refractivity (Wildman–Crippen MR) is 117 cm³/mol. The summed E-state index contributed by atoms with van der Waals surface area (Å²) >= 11 is 0. The average Bonchev–Trinajstić information content (AvgIpc) is 2.72. The fraction of sp³-hybridized carbons (Fsp3) is 0.364. The highest BCUT2D eigenvalue weighted by Crippen LogP contribution is 2.18. The van der Waals surface area contributed by atoms with E-state index in [0.29, 0.717) is 37.4 Å². The number of ether oxygens (including phenoxy) is 1. The van der Waals surface area contributed by atoms with Crippen LogP contribution in [0, 0.1) is 0 Å². The van der Waals surface area contributed by atoms with E-state index < -0.39 is 15.6 Å². The first kappa shape index (κ1) is 22.6. The lowest BCUT2D eigenvalue weighted by Gasteiger charge is -2.35. The van der Waals surface area contributed by atoms with E-state index in [1.807, 2.05) is 20.8 Å². The number of hydrogen-bond acceptors (Lipinski definition) is 5. The quantitative estimate of drug-likeness (QED) is 0.780. The Bertz CT molecular complexity index is 1020. The van der Waals surface area contributed by atoms with Gasteiger partial charge in [0, 0.05) is 37.4 Å². The SMILES string of the molecule is CC(C)(C)OC(=O)N1CCN(C(=O)c2ccc(S(=O)(=O)Nc3ccccc3)cc2)CC1. The van der Waals surface area contributed by atoms with Crippen LogP contribution in [0.4, 0.5) is 10.5 Å². The monoisotopic (exact) mass is 445 g/mol. The van der Waals surface area contributed by atoms with Crippen LogP contribution in [0.2, 0.25) is 0 Å². The molecule has 0 spiro atoms. The van der Waals surface area contributed by atoms with E-state index in [1.165, 1.54) is 24.3 Å². The minimum absolute atomic E-state index is 0.0719. The molecule has 0 unspecified atom stereocenters. The number of anilines is 1. The molecule has 2 aromatic rings. The summed E-state index contributed by atoms with van der Waals surface area (Å²) in [5.74, 6) is -0.205. The van der Waals surface area contributed by atoms with E-state index in [9.17, 15) is 18.0 Å². The molecule has 0 radical (unpaired) electrons. The minimum atomic E-state index is -3.75. The summed E-state index contributed by atoms with van der Waals surface area (Å²) in [6.45, 7) is 6.96. The summed E-state index contributed by atoms with van der Waals surface area (Å²) in [7, 11) is -3.75. The van der Waals surface area contributed by atoms with Crippen molar-refractivity contribution in [2.75, 3.05) is 30.9 Å². The van der Waals surface area contributed by atoms with Gasteiger partial charge in [-0.25, -0.2) is 13.2 Å². The van der Waals surface area contributed by atoms with Gasteiger partial charge in [-0.1, -0.05) is 18.2 Å². The standard InChI is InChI=1S/C22H27N3O5S/c1-22(2,3)30-21(27)25-15-13-24(14-16-25)20(26)17-9-11-19(12-10-17)31(28,29)23-18-7-5-4-6-8-18/h4-12,23H,13-16H2,1-3H3. The normalized spacial score (nSPS) is 14.8. The van der Waals surface area contributed by atoms with Gasteiger partial charge in [-0.2, -0.15) is 0 Å². The first-order valence-electron chi connectivity index (χ1n) is 10.0. The number of piperazine rings is 1. The third kappa shape index (κ3) is 5.97. The Morgan fingerprint density at radius 2 is 1.42 bits per heavy atom. The summed E-state index contributed by atoms with van der Waals surface area (Å²) in [4.78, 5) is 28.2. The summed E-state index contributed by atoms with van der Waals surface area (Å²) in [5.41, 5.74) is 0.288. The van der Waals surface area contributed by atoms with Gasteiger partial charge in [0.15, 0.2) is 0 Å². The van der Waals surface area contributed by atoms with Crippen molar-refractivity contribution in [3.8, 4) is 0 Å². The number of sulfonamides is 1. The number of carbonyl (C=O) groups is 2. The van der Waals surface area contributed by atoms with Crippen molar-refractivity contribution in [3.63, 3.8) is 0 Å². The summed E-state index contributed by atoms with van der Waals surface area (Å²) in [6.07, 6.45) is -0.389. The minimum Gasteiger partial charge on any atom is -0.444 e. The second-order valence-electron chi connectivity index (χ2n) is 8.26. The molecule has 2 aromatic carbocycles. The van der Waals surface area contributed by atoms with Crippen molar-refractivity contribution in [2.45, 2.75) is 31.3 Å². The third-order valence-electron chi connectivity index (χ3n) is 4.66. The van der Waals surface area contributed by atoms with Gasteiger partial charge in [-0.15, -0.1) is 0 Å². The van der Waals surface area contributed by atoms with Crippen molar-refractivity contribution < 1.29 is 22.7 Å². The second-order valence-corrected chi connectivity index (χ2v) is 9.94. The molecule has 0 bridgehead atoms. The Morgan fingerprint density at radius 1 is 0.871 bits per heavy atom. The smallest absolute Gasteiger partial charge is 0.410 e. The van der Waals surface area contributed by atoms with E-state index >= 15 is 0 Å². The number of benzene rings is 2. The molecule has 0 saturated carbocycles. The maximum atomic E-state index is 12.8. The number of para-hydroxylation sites is 1. The van der Waals surface area contributed by atoms with Crippen molar-refractivity contribution in [1.82, 2.24) is 9.80 Å². The molecular formula is C22H27N3O5S. The Hall–Kier alpha value is -3.07. The van der Waals surface area contributed by atoms with Gasteiger partial charge < -0.3 is 14.5 Å². The zero-order valence-corrected chi connectivity index (χ0v) is 18.7. The van der Waals surface area contributed by atoms with E-state index in [1.54, 1.807) is 40.1 Å². The molecule has 8 nitrogen and oxygen atoms in total. The Labute approximate surface area is 182 Å². The summed E-state index contributed by atoms with van der Waals surface area (Å²) < 4.78 is 32.9. The van der Waals surface area contributed by atoms with Gasteiger partial charge in [-0.3, -0.25) is 9.52 Å². The number of nitrogens with zero attached hydrogens (tertiary/aromatic N) is 2. The van der Waals surface area contributed by atoms with Crippen LogP contribution in [0.3, 0.4) is 0 Å². The van der Waals surface area contributed by atoms with E-state index in [2.05, 4.69) is 4.72 Å². The highest BCUT2D eigenvalue weighted by Gasteiger charge is 2.28. The Kier molecular flexibility index (Phi) is 6.54. The maximum absolute atomic E-state index is 12.8. The topological polar surface area (TPSA) is 96.0 Å². The van der Waals surface area contributed by atoms with Crippen LogP contribution < -0.4 is 4.72 Å². The summed E-state index contributed by atoms with van der Waals surface area (Å²) in [5, 5.41) is 0. The van der Waals surface area contributed by atoms with E-state index in [0.717, 1.165) is 0 Å². The van der Waals surface area contributed by atoms with Crippen LogP contribution in [0.15, 0.2) is 59.5 Å². The number of nitrogens with one attached hydrogen (secondary N) is 1. The molecule has 1 aliphatic heterocycles. The van der Waals surface area contributed by atoms with Gasteiger partial charge >= 0.3 is 6.09 Å². The van der Waals surface area contributed by atoms with Crippen molar-refractivity contribution in [3.05, 3.63) is 60.2 Å². The molecule has 1 N–H and O–H groups in total. The molecule has 0 aliphatic carbocycles. The number of rotatable bonds is 4. The zero-order chi connectivity index (χ0) is 22.6. The van der Waals surface area contributed by atoms with Crippen LogP contribution in [-0.4, -0.2) is 62.0 Å². The van der Waals surface area contributed by atoms with Crippen LogP contribution in [0.5, 0.6) is 0 Å². The Morgan fingerprint density at radius 3 is 1.97 bits per heavy atom. The predicted octanol–water partition coefficient (Wildman–Crippen LogP) is 3.18. The highest BCUT2D eigenvalue weighted by molar-refractivity contribution is 7.92. The van der Waals surface area contributed by atoms with Crippen LogP contribution in [-0.2, 0) is 14.8 Å². The molecule has 166 valence electrons. The molecule has 2 amide bonds. The number of carbonyl (C=O) groups excluding carboxylic acids is 2. The second kappa shape index (κ2) is 8.97. The third-order valence-corrected chi connectivity index (χ3v) is 6.05. The molecular weight excluding hydrogens is 418 g/mol. The van der Waals surface area contributed by atoms with Crippen molar-refractivity contribution in [1.29, 1.82) is 0 Å². The molecule has 31 heavy (non-hydrogen) atoms. The van der Waals surface area contributed by atoms with E-state index in [4.69, 9.17) is 4.74 Å². The van der Waals surface area contributed by atoms with Gasteiger partial charge in [-0.05, 0) is 57.2 Å². The molecule has 0 aromatic heterocycles. The van der Waals surface area contributed by atoms with Gasteiger partial charge in [0.2, 0.25) is 0 Å². The van der Waals surface area contributed by atoms with Crippen LogP contribution >= 0.6 is 0 Å². The lowest BCUT2D eigenvalue weighted by atomic mass is 10.2. The average molecular weight is 446 g/mol. The molecule has 1 heterocycles. The first-order chi connectivity index (χ1) is 14.5. The lowest BCUT2D eigenvalue weighted by molar-refractivity contribution is 0.0141. The van der Waals surface area contributed by atoms with Crippen LogP contribution in [0.1, 0.15) is 31.1 Å². The Balaban J connectivity index is 1.60. The highest BCUT2D eigenvalue weighted by atomic mass is 32.2. The van der Waals surface area contributed by atoms with Gasteiger partial charge in [0.1, 0.15) is 5.60 Å². The molecule has 1 aliphatic rings. The number of hydrogen-bond donors (Lipinski definition) is 1. The maximum Gasteiger partial charge on any atom is 0.410 e. The molecule has 3 rings (SSSR count). The zero-order valence-electron chi connectivity index (χ0n) is 17.9.